The van der Waals surface area contributed by atoms with Crippen LogP contribution in [0.4, 0.5) is 11.4 Å². The summed E-state index contributed by atoms with van der Waals surface area (Å²) in [6, 6.07) is 19.4. The van der Waals surface area contributed by atoms with Crippen molar-refractivity contribution >= 4 is 51.6 Å². The molecule has 4 aromatic rings. The van der Waals surface area contributed by atoms with Gasteiger partial charge in [-0.05, 0) is 48.4 Å². The Morgan fingerprint density at radius 3 is 2.68 bits per heavy atom. The first-order valence-electron chi connectivity index (χ1n) is 12.4. The van der Waals surface area contributed by atoms with Gasteiger partial charge in [0.2, 0.25) is 17.7 Å². The lowest BCUT2D eigenvalue weighted by Gasteiger charge is -2.29. The maximum Gasteiger partial charge on any atom is 0.250 e. The van der Waals surface area contributed by atoms with Gasteiger partial charge in [0.05, 0.1) is 24.6 Å². The highest BCUT2D eigenvalue weighted by atomic mass is 35.5. The minimum Gasteiger partial charge on any atom is -0.497 e. The number of ether oxygens (including phenoxy) is 1. The molecule has 3 aromatic carbocycles. The number of H-pyrrole nitrogens is 1. The van der Waals surface area contributed by atoms with Crippen molar-refractivity contribution in [1.29, 1.82) is 0 Å². The second kappa shape index (κ2) is 8.18. The summed E-state index contributed by atoms with van der Waals surface area (Å²) in [6.07, 6.45) is 2.37. The van der Waals surface area contributed by atoms with E-state index >= 15 is 0 Å². The molecule has 4 heterocycles. The number of hydrogen-bond donors (Lipinski definition) is 3. The molecule has 2 fully saturated rings. The number of nitrogens with zero attached hydrogens (tertiary/aromatic N) is 1. The van der Waals surface area contributed by atoms with E-state index in [4.69, 9.17) is 16.3 Å². The van der Waals surface area contributed by atoms with Crippen molar-refractivity contribution in [2.24, 2.45) is 11.8 Å². The van der Waals surface area contributed by atoms with Gasteiger partial charge in [-0.3, -0.25) is 19.7 Å². The highest BCUT2D eigenvalue weighted by Crippen LogP contribution is 2.54. The van der Waals surface area contributed by atoms with Crippen LogP contribution in [0.2, 0.25) is 5.02 Å². The summed E-state index contributed by atoms with van der Waals surface area (Å²) in [5, 5.41) is 7.88. The van der Waals surface area contributed by atoms with E-state index in [0.717, 1.165) is 16.5 Å². The number of aromatic nitrogens is 1. The number of hydrogen-bond acceptors (Lipinski definition) is 5. The maximum atomic E-state index is 14.2. The molecule has 3 amide bonds. The van der Waals surface area contributed by atoms with Gasteiger partial charge in [-0.1, -0.05) is 35.9 Å². The van der Waals surface area contributed by atoms with Crippen molar-refractivity contribution in [2.45, 2.75) is 18.0 Å². The Balaban J connectivity index is 1.38. The molecular formula is C29H23ClN4O4. The van der Waals surface area contributed by atoms with Crippen LogP contribution < -0.4 is 20.3 Å². The molecule has 0 aliphatic carbocycles. The van der Waals surface area contributed by atoms with Crippen LogP contribution in [0.1, 0.15) is 11.1 Å². The molecule has 0 saturated carbocycles. The van der Waals surface area contributed by atoms with Crippen LogP contribution >= 0.6 is 11.6 Å². The summed E-state index contributed by atoms with van der Waals surface area (Å²) in [5.41, 5.74) is 2.13. The van der Waals surface area contributed by atoms with Crippen LogP contribution in [-0.4, -0.2) is 35.9 Å². The number of carbonyl (C=O) groups is 3. The maximum absolute atomic E-state index is 14.2. The van der Waals surface area contributed by atoms with E-state index in [1.54, 1.807) is 42.5 Å². The minimum absolute atomic E-state index is 0.342. The first-order chi connectivity index (χ1) is 18.4. The molecule has 1 spiro atoms. The van der Waals surface area contributed by atoms with Crippen molar-refractivity contribution < 1.29 is 19.1 Å². The van der Waals surface area contributed by atoms with E-state index in [9.17, 15) is 14.4 Å². The Hall–Kier alpha value is -4.14. The van der Waals surface area contributed by atoms with Crippen molar-refractivity contribution in [1.82, 2.24) is 10.3 Å². The summed E-state index contributed by atoms with van der Waals surface area (Å²) in [6.45, 7) is 0. The summed E-state index contributed by atoms with van der Waals surface area (Å²) in [4.78, 5) is 46.5. The van der Waals surface area contributed by atoms with Crippen LogP contribution in [0.25, 0.3) is 10.9 Å². The molecule has 3 aliphatic rings. The molecule has 3 N–H and O–H groups in total. The molecule has 0 bridgehead atoms. The van der Waals surface area contributed by atoms with Gasteiger partial charge in [0.15, 0.2) is 0 Å². The van der Waals surface area contributed by atoms with E-state index in [-0.39, 0.29) is 11.8 Å². The highest BCUT2D eigenvalue weighted by molar-refractivity contribution is 6.31. The Morgan fingerprint density at radius 1 is 1.00 bits per heavy atom. The summed E-state index contributed by atoms with van der Waals surface area (Å²) in [7, 11) is 1.53. The number of nitrogens with one attached hydrogen (secondary N) is 3. The Kier molecular flexibility index (Phi) is 4.95. The highest BCUT2D eigenvalue weighted by Gasteiger charge is 2.70. The smallest absolute Gasteiger partial charge is 0.250 e. The molecule has 8 nitrogen and oxygen atoms in total. The first kappa shape index (κ1) is 23.0. The van der Waals surface area contributed by atoms with Crippen molar-refractivity contribution in [2.75, 3.05) is 17.3 Å². The number of rotatable bonds is 4. The molecule has 1 aromatic heterocycles. The Bertz CT molecular complexity index is 1670. The fraction of sp³-hybridized carbons (Fsp3) is 0.207. The summed E-state index contributed by atoms with van der Waals surface area (Å²) < 4.78 is 5.34. The lowest BCUT2D eigenvalue weighted by molar-refractivity contribution is -0.130. The van der Waals surface area contributed by atoms with Gasteiger partial charge in [0, 0.05) is 45.5 Å². The number of halogens is 1. The normalized spacial score (nSPS) is 25.8. The molecule has 9 heteroatoms. The van der Waals surface area contributed by atoms with Gasteiger partial charge in [0.1, 0.15) is 11.3 Å². The zero-order chi connectivity index (χ0) is 26.2. The van der Waals surface area contributed by atoms with Crippen LogP contribution in [0.15, 0.2) is 72.9 Å². The van der Waals surface area contributed by atoms with Gasteiger partial charge in [-0.25, -0.2) is 4.90 Å². The molecule has 190 valence electrons. The van der Waals surface area contributed by atoms with Crippen molar-refractivity contribution in [3.8, 4) is 5.75 Å². The van der Waals surface area contributed by atoms with Gasteiger partial charge < -0.3 is 15.0 Å². The predicted octanol–water partition coefficient (Wildman–Crippen LogP) is 4.00. The molecule has 4 atom stereocenters. The summed E-state index contributed by atoms with van der Waals surface area (Å²) in [5.74, 6) is -2.32. The second-order valence-corrected chi connectivity index (χ2v) is 10.4. The SMILES string of the molecule is COc1cccc(N2C(=O)[C@@H]3[C@H](Cc4c[nH]c5ccccc45)N[C@]4(C(=O)Nc5ccc(Cl)cc54)[C@H]3C2=O)c1. The third-order valence-corrected chi connectivity index (χ3v) is 8.34. The molecule has 38 heavy (non-hydrogen) atoms. The predicted molar refractivity (Wildman–Crippen MR) is 143 cm³/mol. The van der Waals surface area contributed by atoms with E-state index in [0.29, 0.717) is 34.1 Å². The number of amides is 3. The van der Waals surface area contributed by atoms with Gasteiger partial charge >= 0.3 is 0 Å². The fourth-order valence-electron chi connectivity index (χ4n) is 6.49. The Morgan fingerprint density at radius 2 is 1.84 bits per heavy atom. The Labute approximate surface area is 222 Å². The van der Waals surface area contributed by atoms with Gasteiger partial charge in [-0.15, -0.1) is 0 Å². The molecule has 0 radical (unpaired) electrons. The minimum atomic E-state index is -1.43. The van der Waals surface area contributed by atoms with Crippen LogP contribution in [0.3, 0.4) is 0 Å². The van der Waals surface area contributed by atoms with Crippen LogP contribution in [0.5, 0.6) is 5.75 Å². The fourth-order valence-corrected chi connectivity index (χ4v) is 6.66. The molecule has 7 rings (SSSR count). The number of imide groups is 1. The lowest BCUT2D eigenvalue weighted by Crippen LogP contribution is -2.53. The molecule has 2 saturated heterocycles. The van der Waals surface area contributed by atoms with Gasteiger partial charge in [-0.2, -0.15) is 0 Å². The largest absolute Gasteiger partial charge is 0.497 e. The first-order valence-corrected chi connectivity index (χ1v) is 12.8. The molecule has 3 aliphatic heterocycles. The van der Waals surface area contributed by atoms with E-state index in [1.807, 2.05) is 30.5 Å². The number of aromatic amines is 1. The van der Waals surface area contributed by atoms with Crippen LogP contribution in [0, 0.1) is 11.8 Å². The van der Waals surface area contributed by atoms with Gasteiger partial charge in [0.25, 0.3) is 0 Å². The topological polar surface area (TPSA) is 104 Å². The zero-order valence-electron chi connectivity index (χ0n) is 20.3. The third-order valence-electron chi connectivity index (χ3n) is 8.10. The monoisotopic (exact) mass is 526 g/mol. The van der Waals surface area contributed by atoms with Crippen molar-refractivity contribution in [3.63, 3.8) is 0 Å². The average Bonchev–Trinajstić information content (AvgIpc) is 3.63. The quantitative estimate of drug-likeness (QED) is 0.349. The average molecular weight is 527 g/mol. The van der Waals surface area contributed by atoms with Crippen LogP contribution in [-0.2, 0) is 26.3 Å². The third kappa shape index (κ3) is 3.04. The number of benzene rings is 3. The standard InChI is InChI=1S/C29H23ClN4O4/c1-38-18-6-4-5-17(13-18)34-26(35)24-23(11-15-14-31-21-8-3-2-7-19(15)21)33-29(25(24)27(34)36)20-12-16(30)9-10-22(20)32-28(29)37/h2-10,12-14,23-25,31,33H,11H2,1H3,(H,32,37)/t23-,24+,25+,29-/m0/s1. The van der Waals surface area contributed by atoms with E-state index < -0.39 is 29.3 Å². The summed E-state index contributed by atoms with van der Waals surface area (Å²) >= 11 is 6.37. The second-order valence-electron chi connectivity index (χ2n) is 9.98. The number of carbonyl (C=O) groups excluding carboxylic acids is 3. The molecule has 0 unspecified atom stereocenters. The number of anilines is 2. The zero-order valence-corrected chi connectivity index (χ0v) is 21.1. The van der Waals surface area contributed by atoms with E-state index in [2.05, 4.69) is 15.6 Å². The number of para-hydroxylation sites is 1. The number of fused-ring (bicyclic) bond motifs is 5. The molecular weight excluding hydrogens is 504 g/mol. The van der Waals surface area contributed by atoms with Crippen molar-refractivity contribution in [3.05, 3.63) is 89.1 Å². The lowest BCUT2D eigenvalue weighted by atomic mass is 9.76. The number of methoxy groups -OCH3 is 1. The van der Waals surface area contributed by atoms with E-state index in [1.165, 1.54) is 12.0 Å².